The average molecular weight is 432 g/mol. The molecule has 0 saturated carbocycles. The van der Waals surface area contributed by atoms with Crippen LogP contribution >= 0.6 is 0 Å². The van der Waals surface area contributed by atoms with Gasteiger partial charge in [-0.2, -0.15) is 0 Å². The van der Waals surface area contributed by atoms with E-state index in [4.69, 9.17) is 0 Å². The highest BCUT2D eigenvalue weighted by Gasteiger charge is 2.39. The zero-order valence-corrected chi connectivity index (χ0v) is 16.5. The lowest BCUT2D eigenvalue weighted by atomic mass is 9.97. The molecule has 2 unspecified atom stereocenters. The normalized spacial score (nSPS) is 17.6. The van der Waals surface area contributed by atoms with Crippen molar-refractivity contribution in [3.05, 3.63) is 71.3 Å². The van der Waals surface area contributed by atoms with Gasteiger partial charge in [0.25, 0.3) is 0 Å². The van der Waals surface area contributed by atoms with Crippen LogP contribution in [0.3, 0.4) is 0 Å². The van der Waals surface area contributed by atoms with Crippen LogP contribution in [0.2, 0.25) is 0 Å². The number of halogens is 2. The number of carbonyl (C=O) groups excluding carboxylic acids is 2. The number of aliphatic carboxylic acids is 1. The molecule has 2 aromatic carbocycles. The maximum absolute atomic E-state index is 14.3. The van der Waals surface area contributed by atoms with Gasteiger partial charge in [0.1, 0.15) is 17.7 Å². The van der Waals surface area contributed by atoms with Gasteiger partial charge in [-0.25, -0.2) is 13.6 Å². The highest BCUT2D eigenvalue weighted by atomic mass is 19.1. The lowest BCUT2D eigenvalue weighted by Gasteiger charge is -2.35. The van der Waals surface area contributed by atoms with E-state index in [0.29, 0.717) is 5.56 Å². The van der Waals surface area contributed by atoms with Gasteiger partial charge in [0.2, 0.25) is 11.8 Å². The topological polar surface area (TPSA) is 107 Å². The fraction of sp³-hybridized carbons (Fsp3) is 0.318. The van der Waals surface area contributed by atoms with Crippen molar-refractivity contribution in [3.63, 3.8) is 0 Å². The number of nitrogens with one attached hydrogen (secondary N) is 1. The predicted molar refractivity (Wildman–Crippen MR) is 106 cm³/mol. The smallest absolute Gasteiger partial charge is 0.334 e. The molecule has 2 aromatic rings. The first-order valence-electron chi connectivity index (χ1n) is 9.75. The summed E-state index contributed by atoms with van der Waals surface area (Å²) in [4.78, 5) is 37.4. The van der Waals surface area contributed by atoms with Crippen LogP contribution in [0.4, 0.5) is 8.78 Å². The van der Waals surface area contributed by atoms with Crippen molar-refractivity contribution in [2.24, 2.45) is 0 Å². The van der Waals surface area contributed by atoms with E-state index in [9.17, 15) is 33.4 Å². The molecule has 1 heterocycles. The Bertz CT molecular complexity index is 949. The number of nitrogens with zero attached hydrogens (tertiary/aromatic N) is 1. The van der Waals surface area contributed by atoms with Crippen molar-refractivity contribution in [1.82, 2.24) is 10.2 Å². The highest BCUT2D eigenvalue weighted by Crippen LogP contribution is 2.23. The van der Waals surface area contributed by atoms with Gasteiger partial charge >= 0.3 is 5.97 Å². The van der Waals surface area contributed by atoms with Crippen molar-refractivity contribution >= 4 is 17.8 Å². The largest absolute Gasteiger partial charge is 0.479 e. The number of benzene rings is 2. The number of aliphatic hydroxyl groups is 1. The Labute approximate surface area is 177 Å². The van der Waals surface area contributed by atoms with Crippen LogP contribution in [0.1, 0.15) is 24.0 Å². The summed E-state index contributed by atoms with van der Waals surface area (Å²) in [6.07, 6.45) is -1.83. The number of aliphatic hydroxyl groups excluding tert-OH is 1. The van der Waals surface area contributed by atoms with Gasteiger partial charge in [-0.3, -0.25) is 9.59 Å². The van der Waals surface area contributed by atoms with E-state index in [-0.39, 0.29) is 25.2 Å². The molecule has 31 heavy (non-hydrogen) atoms. The van der Waals surface area contributed by atoms with Gasteiger partial charge < -0.3 is 20.4 Å². The molecule has 7 nitrogen and oxygen atoms in total. The molecular weight excluding hydrogens is 410 g/mol. The quantitative estimate of drug-likeness (QED) is 0.588. The molecule has 0 aromatic heterocycles. The Morgan fingerprint density at radius 2 is 1.74 bits per heavy atom. The van der Waals surface area contributed by atoms with Gasteiger partial charge in [-0.05, 0) is 30.5 Å². The van der Waals surface area contributed by atoms with E-state index >= 15 is 0 Å². The van der Waals surface area contributed by atoms with E-state index < -0.39 is 53.8 Å². The van der Waals surface area contributed by atoms with Crippen LogP contribution in [-0.2, 0) is 27.3 Å². The van der Waals surface area contributed by atoms with E-state index in [0.717, 1.165) is 17.0 Å². The van der Waals surface area contributed by atoms with Crippen LogP contribution in [0.25, 0.3) is 0 Å². The molecule has 1 saturated heterocycles. The number of carboxylic acids is 1. The summed E-state index contributed by atoms with van der Waals surface area (Å²) in [6, 6.07) is 9.46. The van der Waals surface area contributed by atoms with Gasteiger partial charge in [-0.15, -0.1) is 0 Å². The second kappa shape index (κ2) is 9.65. The standard InChI is InChI=1S/C22H22F2N2O5/c23-15-7-4-8-16(24)14(15)12-26(21(29)17-9-10-19(27)25-17)18(20(28)22(30)31)11-13-5-2-1-3-6-13/h1-8,17-18,20,28H,9-12H2,(H,25,27)(H,30,31)/t17-,18?,20?/m1/s1. The summed E-state index contributed by atoms with van der Waals surface area (Å²) in [5.74, 6) is -4.46. The van der Waals surface area contributed by atoms with Crippen LogP contribution in [0.15, 0.2) is 48.5 Å². The first-order valence-corrected chi connectivity index (χ1v) is 9.75. The van der Waals surface area contributed by atoms with Crippen molar-refractivity contribution in [2.45, 2.75) is 44.0 Å². The molecule has 2 amide bonds. The maximum Gasteiger partial charge on any atom is 0.334 e. The molecule has 0 spiro atoms. The predicted octanol–water partition coefficient (Wildman–Crippen LogP) is 1.63. The molecule has 0 bridgehead atoms. The van der Waals surface area contributed by atoms with Gasteiger partial charge in [0.15, 0.2) is 6.10 Å². The number of hydrogen-bond acceptors (Lipinski definition) is 4. The molecule has 1 aliphatic heterocycles. The Morgan fingerprint density at radius 1 is 1.10 bits per heavy atom. The minimum atomic E-state index is -2.02. The van der Waals surface area contributed by atoms with Gasteiger partial charge in [0.05, 0.1) is 12.6 Å². The third-order valence-electron chi connectivity index (χ3n) is 5.27. The molecule has 0 aliphatic carbocycles. The molecule has 9 heteroatoms. The number of hydrogen-bond donors (Lipinski definition) is 3. The Hall–Kier alpha value is -3.33. The Balaban J connectivity index is 2.02. The van der Waals surface area contributed by atoms with Crippen molar-refractivity contribution in [3.8, 4) is 0 Å². The molecule has 0 radical (unpaired) electrons. The maximum atomic E-state index is 14.3. The molecule has 164 valence electrons. The molecule has 3 atom stereocenters. The molecule has 3 N–H and O–H groups in total. The SMILES string of the molecule is O=C1CC[C@H](C(=O)N(Cc2c(F)cccc2F)C(Cc2ccccc2)C(O)C(=O)O)N1. The summed E-state index contributed by atoms with van der Waals surface area (Å²) < 4.78 is 28.7. The fourth-order valence-electron chi connectivity index (χ4n) is 3.62. The van der Waals surface area contributed by atoms with Crippen LogP contribution in [0.5, 0.6) is 0 Å². The second-order valence-electron chi connectivity index (χ2n) is 7.37. The van der Waals surface area contributed by atoms with Crippen molar-refractivity contribution < 1.29 is 33.4 Å². The lowest BCUT2D eigenvalue weighted by Crippen LogP contribution is -2.55. The molecule has 1 fully saturated rings. The monoisotopic (exact) mass is 432 g/mol. The van der Waals surface area contributed by atoms with Gasteiger partial charge in [0, 0.05) is 12.0 Å². The second-order valence-corrected chi connectivity index (χ2v) is 7.37. The fourth-order valence-corrected chi connectivity index (χ4v) is 3.62. The number of carboxylic acid groups (broad SMARTS) is 1. The molecular formula is C22H22F2N2O5. The summed E-state index contributed by atoms with van der Waals surface area (Å²) in [5.41, 5.74) is 0.186. The number of carbonyl (C=O) groups is 3. The van der Waals surface area contributed by atoms with Crippen LogP contribution in [-0.4, -0.2) is 51.1 Å². The van der Waals surface area contributed by atoms with E-state index in [1.807, 2.05) is 0 Å². The minimum absolute atomic E-state index is 0.0726. The first kappa shape index (κ1) is 22.4. The van der Waals surface area contributed by atoms with E-state index in [2.05, 4.69) is 5.32 Å². The molecule has 1 aliphatic rings. The van der Waals surface area contributed by atoms with Gasteiger partial charge in [-0.1, -0.05) is 36.4 Å². The summed E-state index contributed by atoms with van der Waals surface area (Å²) in [7, 11) is 0. The number of amides is 2. The van der Waals surface area contributed by atoms with Crippen molar-refractivity contribution in [1.29, 1.82) is 0 Å². The summed E-state index contributed by atoms with van der Waals surface area (Å²) >= 11 is 0. The summed E-state index contributed by atoms with van der Waals surface area (Å²) in [5, 5.41) is 22.3. The van der Waals surface area contributed by atoms with E-state index in [1.165, 1.54) is 6.07 Å². The summed E-state index contributed by atoms with van der Waals surface area (Å²) in [6.45, 7) is -0.606. The first-order chi connectivity index (χ1) is 14.8. The third kappa shape index (κ3) is 5.24. The molecule has 3 rings (SSSR count). The van der Waals surface area contributed by atoms with Crippen molar-refractivity contribution in [2.75, 3.05) is 0 Å². The Kier molecular flexibility index (Phi) is 6.96. The average Bonchev–Trinajstić information content (AvgIpc) is 3.18. The third-order valence-corrected chi connectivity index (χ3v) is 5.27. The van der Waals surface area contributed by atoms with Crippen LogP contribution in [0, 0.1) is 11.6 Å². The zero-order chi connectivity index (χ0) is 22.5. The Morgan fingerprint density at radius 3 is 2.29 bits per heavy atom. The number of rotatable bonds is 8. The van der Waals surface area contributed by atoms with Crippen LogP contribution < -0.4 is 5.32 Å². The van der Waals surface area contributed by atoms with E-state index in [1.54, 1.807) is 30.3 Å². The minimum Gasteiger partial charge on any atom is -0.479 e. The zero-order valence-electron chi connectivity index (χ0n) is 16.5. The lowest BCUT2D eigenvalue weighted by molar-refractivity contribution is -0.154. The highest BCUT2D eigenvalue weighted by molar-refractivity contribution is 5.91.